The van der Waals surface area contributed by atoms with E-state index in [9.17, 15) is 0 Å². The molecule has 1 saturated heterocycles. The van der Waals surface area contributed by atoms with Crippen molar-refractivity contribution >= 4 is 58.9 Å². The summed E-state index contributed by atoms with van der Waals surface area (Å²) >= 11 is 13.9. The van der Waals surface area contributed by atoms with Gasteiger partial charge in [-0.05, 0) is 31.0 Å². The highest BCUT2D eigenvalue weighted by Crippen LogP contribution is 2.33. The Morgan fingerprint density at radius 1 is 1.41 bits per heavy atom. The standard InChI is InChI=1S/C11H14Cl2N2S.HI/c1-15-10(6-14-11(15)16-2)8-4-3-7(12)5-9(8)13;/h3-5,10-11,14H,6H2,1-2H3;1H. The monoisotopic (exact) mass is 404 g/mol. The van der Waals surface area contributed by atoms with Gasteiger partial charge in [-0.15, -0.1) is 35.7 Å². The van der Waals surface area contributed by atoms with E-state index < -0.39 is 0 Å². The molecule has 2 nitrogen and oxygen atoms in total. The second kappa shape index (κ2) is 6.82. The highest BCUT2D eigenvalue weighted by molar-refractivity contribution is 14.0. The first-order valence-corrected chi connectivity index (χ1v) is 7.11. The Bertz CT molecular complexity index is 392. The lowest BCUT2D eigenvalue weighted by Crippen LogP contribution is -2.29. The van der Waals surface area contributed by atoms with E-state index in [1.54, 1.807) is 17.8 Å². The Hall–Kier alpha value is 0.800. The van der Waals surface area contributed by atoms with Crippen molar-refractivity contribution in [3.05, 3.63) is 33.8 Å². The molecule has 0 aliphatic carbocycles. The van der Waals surface area contributed by atoms with E-state index in [4.69, 9.17) is 23.2 Å². The fourth-order valence-corrected chi connectivity index (χ4v) is 3.29. The Morgan fingerprint density at radius 2 is 2.12 bits per heavy atom. The van der Waals surface area contributed by atoms with Gasteiger partial charge >= 0.3 is 0 Å². The first kappa shape index (κ1) is 15.9. The summed E-state index contributed by atoms with van der Waals surface area (Å²) in [5.41, 5.74) is 1.49. The molecule has 0 spiro atoms. The Balaban J connectivity index is 0.00000144. The van der Waals surface area contributed by atoms with Crippen LogP contribution in [0, 0.1) is 0 Å². The second-order valence-electron chi connectivity index (χ2n) is 3.84. The molecule has 96 valence electrons. The Morgan fingerprint density at radius 3 is 2.65 bits per heavy atom. The van der Waals surface area contributed by atoms with Crippen LogP contribution in [-0.2, 0) is 0 Å². The van der Waals surface area contributed by atoms with Crippen molar-refractivity contribution in [1.82, 2.24) is 10.2 Å². The number of halogens is 3. The fraction of sp³-hybridized carbons (Fsp3) is 0.455. The molecule has 0 amide bonds. The molecule has 2 unspecified atom stereocenters. The molecule has 1 aromatic rings. The molecular weight excluding hydrogens is 390 g/mol. The van der Waals surface area contributed by atoms with Crippen LogP contribution >= 0.6 is 58.9 Å². The zero-order valence-corrected chi connectivity index (χ0v) is 14.3. The van der Waals surface area contributed by atoms with Crippen molar-refractivity contribution in [2.45, 2.75) is 11.5 Å². The molecular formula is C11H15Cl2IN2S. The van der Waals surface area contributed by atoms with Crippen LogP contribution in [0.4, 0.5) is 0 Å². The van der Waals surface area contributed by atoms with Crippen molar-refractivity contribution in [3.8, 4) is 0 Å². The lowest BCUT2D eigenvalue weighted by molar-refractivity contribution is 0.301. The zero-order valence-electron chi connectivity index (χ0n) is 9.61. The number of rotatable bonds is 2. The van der Waals surface area contributed by atoms with Crippen LogP contribution < -0.4 is 5.32 Å². The number of benzene rings is 1. The first-order chi connectivity index (χ1) is 7.63. The van der Waals surface area contributed by atoms with E-state index in [0.29, 0.717) is 16.6 Å². The molecule has 1 aliphatic heterocycles. The average Bonchev–Trinajstić information content (AvgIpc) is 2.60. The van der Waals surface area contributed by atoms with Gasteiger partial charge < -0.3 is 0 Å². The number of thioether (sulfide) groups is 1. The molecule has 0 radical (unpaired) electrons. The minimum Gasteiger partial charge on any atom is -0.291 e. The number of nitrogens with one attached hydrogen (secondary N) is 1. The normalized spacial score (nSPS) is 24.7. The lowest BCUT2D eigenvalue weighted by atomic mass is 10.1. The van der Waals surface area contributed by atoms with Crippen LogP contribution in [0.15, 0.2) is 18.2 Å². The highest BCUT2D eigenvalue weighted by Gasteiger charge is 2.31. The maximum atomic E-state index is 6.22. The molecule has 17 heavy (non-hydrogen) atoms. The van der Waals surface area contributed by atoms with Crippen LogP contribution in [0.3, 0.4) is 0 Å². The summed E-state index contributed by atoms with van der Waals surface area (Å²) in [6.45, 7) is 0.920. The summed E-state index contributed by atoms with van der Waals surface area (Å²) in [6.07, 6.45) is 2.10. The van der Waals surface area contributed by atoms with Crippen molar-refractivity contribution in [2.24, 2.45) is 0 Å². The van der Waals surface area contributed by atoms with Crippen LogP contribution in [0.25, 0.3) is 0 Å². The van der Waals surface area contributed by atoms with Gasteiger partial charge in [-0.25, -0.2) is 0 Å². The van der Waals surface area contributed by atoms with E-state index in [1.807, 2.05) is 12.1 Å². The topological polar surface area (TPSA) is 15.3 Å². The van der Waals surface area contributed by atoms with Crippen molar-refractivity contribution in [3.63, 3.8) is 0 Å². The molecule has 0 saturated carbocycles. The van der Waals surface area contributed by atoms with Gasteiger partial charge in [0, 0.05) is 16.6 Å². The number of hydrogen-bond donors (Lipinski definition) is 1. The molecule has 2 atom stereocenters. The quantitative estimate of drug-likeness (QED) is 0.754. The zero-order chi connectivity index (χ0) is 11.7. The van der Waals surface area contributed by atoms with Crippen molar-refractivity contribution in [1.29, 1.82) is 0 Å². The Labute approximate surface area is 133 Å². The number of likely N-dealkylation sites (N-methyl/N-ethyl adjacent to an activating group) is 1. The van der Waals surface area contributed by atoms with Crippen LogP contribution in [0.5, 0.6) is 0 Å². The fourth-order valence-electron chi connectivity index (χ4n) is 2.01. The van der Waals surface area contributed by atoms with E-state index in [2.05, 4.69) is 23.5 Å². The van der Waals surface area contributed by atoms with Gasteiger partial charge in [0.2, 0.25) is 0 Å². The summed E-state index contributed by atoms with van der Waals surface area (Å²) in [4.78, 5) is 2.29. The summed E-state index contributed by atoms with van der Waals surface area (Å²) in [7, 11) is 2.11. The predicted molar refractivity (Wildman–Crippen MR) is 87.7 cm³/mol. The van der Waals surface area contributed by atoms with Gasteiger partial charge in [0.05, 0.1) is 6.04 Å². The van der Waals surface area contributed by atoms with E-state index in [1.165, 1.54) is 0 Å². The molecule has 6 heteroatoms. The average molecular weight is 405 g/mol. The van der Waals surface area contributed by atoms with E-state index in [0.717, 1.165) is 17.1 Å². The SMILES string of the molecule is CSC1NCC(c2ccc(Cl)cc2Cl)N1C.I. The number of hydrogen-bond acceptors (Lipinski definition) is 3. The highest BCUT2D eigenvalue weighted by atomic mass is 127. The minimum atomic E-state index is 0. The summed E-state index contributed by atoms with van der Waals surface area (Å²) in [5, 5.41) is 4.87. The molecule has 1 N–H and O–H groups in total. The maximum absolute atomic E-state index is 6.22. The van der Waals surface area contributed by atoms with Crippen LogP contribution in [0.2, 0.25) is 10.0 Å². The van der Waals surface area contributed by atoms with Gasteiger partial charge in [0.25, 0.3) is 0 Å². The first-order valence-electron chi connectivity index (χ1n) is 5.06. The molecule has 2 rings (SSSR count). The van der Waals surface area contributed by atoms with Gasteiger partial charge in [-0.3, -0.25) is 10.2 Å². The predicted octanol–water partition coefficient (Wildman–Crippen LogP) is 3.83. The molecule has 1 aliphatic rings. The molecule has 0 aromatic heterocycles. The molecule has 1 aromatic carbocycles. The van der Waals surface area contributed by atoms with Crippen molar-refractivity contribution < 1.29 is 0 Å². The van der Waals surface area contributed by atoms with Gasteiger partial charge in [0.15, 0.2) is 0 Å². The minimum absolute atomic E-state index is 0. The number of nitrogens with zero attached hydrogens (tertiary/aromatic N) is 1. The summed E-state index contributed by atoms with van der Waals surface area (Å²) in [6, 6.07) is 6.03. The van der Waals surface area contributed by atoms with E-state index in [-0.39, 0.29) is 24.0 Å². The second-order valence-corrected chi connectivity index (χ2v) is 5.60. The lowest BCUT2D eigenvalue weighted by Gasteiger charge is -2.24. The largest absolute Gasteiger partial charge is 0.291 e. The smallest absolute Gasteiger partial charge is 0.108 e. The van der Waals surface area contributed by atoms with Gasteiger partial charge in [-0.1, -0.05) is 29.3 Å². The van der Waals surface area contributed by atoms with Crippen molar-refractivity contribution in [2.75, 3.05) is 19.8 Å². The van der Waals surface area contributed by atoms with Gasteiger partial charge in [-0.2, -0.15) is 0 Å². The maximum Gasteiger partial charge on any atom is 0.108 e. The Kier molecular flexibility index (Phi) is 6.36. The third kappa shape index (κ3) is 3.42. The third-order valence-corrected chi connectivity index (χ3v) is 4.40. The molecule has 1 heterocycles. The molecule has 0 bridgehead atoms. The van der Waals surface area contributed by atoms with E-state index >= 15 is 0 Å². The van der Waals surface area contributed by atoms with Crippen LogP contribution in [-0.4, -0.2) is 30.2 Å². The van der Waals surface area contributed by atoms with Crippen LogP contribution in [0.1, 0.15) is 11.6 Å². The van der Waals surface area contributed by atoms with Gasteiger partial charge in [0.1, 0.15) is 5.50 Å². The third-order valence-electron chi connectivity index (χ3n) is 2.89. The summed E-state index contributed by atoms with van der Waals surface area (Å²) in [5.74, 6) is 0. The summed E-state index contributed by atoms with van der Waals surface area (Å²) < 4.78 is 0. The molecule has 1 fully saturated rings.